The number of hydrogen-bond donors (Lipinski definition) is 0. The second-order valence-electron chi connectivity index (χ2n) is 4.64. The van der Waals surface area contributed by atoms with Crippen LogP contribution in [0.25, 0.3) is 11.0 Å². The SMILES string of the molecule is Cc1ccc(S(=O)(=O)n2ccc3nc(C#N)ccc32)cc1. The molecule has 6 heteroatoms. The standard InChI is InChI=1S/C15H11N3O2S/c1-11-2-5-13(6-3-11)21(19,20)18-9-8-14-15(18)7-4-12(10-16)17-14/h2-9H,1H3. The minimum atomic E-state index is -3.66. The number of benzene rings is 1. The molecule has 2 aromatic heterocycles. The highest BCUT2D eigenvalue weighted by atomic mass is 32.2. The molecule has 0 unspecified atom stereocenters. The lowest BCUT2D eigenvalue weighted by molar-refractivity contribution is 0.589. The molecule has 0 bridgehead atoms. The highest BCUT2D eigenvalue weighted by molar-refractivity contribution is 7.90. The molecule has 2 heterocycles. The van der Waals surface area contributed by atoms with E-state index in [1.165, 1.54) is 16.2 Å². The van der Waals surface area contributed by atoms with Crippen molar-refractivity contribution >= 4 is 21.1 Å². The normalized spacial score (nSPS) is 11.4. The maximum Gasteiger partial charge on any atom is 0.268 e. The Morgan fingerprint density at radius 2 is 1.81 bits per heavy atom. The van der Waals surface area contributed by atoms with Gasteiger partial charge in [0, 0.05) is 6.20 Å². The Bertz CT molecular complexity index is 964. The summed E-state index contributed by atoms with van der Waals surface area (Å²) in [5.74, 6) is 0. The van der Waals surface area contributed by atoms with Gasteiger partial charge in [0.1, 0.15) is 11.8 Å². The number of pyridine rings is 1. The van der Waals surface area contributed by atoms with Crippen molar-refractivity contribution in [3.05, 3.63) is 59.9 Å². The minimum Gasteiger partial charge on any atom is -0.240 e. The van der Waals surface area contributed by atoms with E-state index in [2.05, 4.69) is 4.98 Å². The van der Waals surface area contributed by atoms with Gasteiger partial charge in [-0.2, -0.15) is 5.26 Å². The van der Waals surface area contributed by atoms with Gasteiger partial charge in [-0.3, -0.25) is 0 Å². The number of nitrogens with zero attached hydrogens (tertiary/aromatic N) is 3. The highest BCUT2D eigenvalue weighted by Gasteiger charge is 2.19. The fraction of sp³-hybridized carbons (Fsp3) is 0.0667. The number of rotatable bonds is 2. The van der Waals surface area contributed by atoms with Crippen molar-refractivity contribution in [2.45, 2.75) is 11.8 Å². The molecule has 0 radical (unpaired) electrons. The van der Waals surface area contributed by atoms with Crippen LogP contribution < -0.4 is 0 Å². The molecule has 0 N–H and O–H groups in total. The van der Waals surface area contributed by atoms with E-state index in [4.69, 9.17) is 5.26 Å². The van der Waals surface area contributed by atoms with Gasteiger partial charge in [-0.15, -0.1) is 0 Å². The second kappa shape index (κ2) is 4.72. The van der Waals surface area contributed by atoms with Crippen LogP contribution in [-0.4, -0.2) is 17.4 Å². The first kappa shape index (κ1) is 13.3. The molecule has 0 aliphatic heterocycles. The largest absolute Gasteiger partial charge is 0.268 e. The quantitative estimate of drug-likeness (QED) is 0.728. The highest BCUT2D eigenvalue weighted by Crippen LogP contribution is 2.21. The lowest BCUT2D eigenvalue weighted by atomic mass is 10.2. The first-order valence-electron chi connectivity index (χ1n) is 6.23. The van der Waals surface area contributed by atoms with Crippen LogP contribution in [0.3, 0.4) is 0 Å². The number of hydrogen-bond acceptors (Lipinski definition) is 4. The maximum absolute atomic E-state index is 12.6. The fourth-order valence-electron chi connectivity index (χ4n) is 2.09. The van der Waals surface area contributed by atoms with Gasteiger partial charge in [-0.25, -0.2) is 17.4 Å². The molecule has 21 heavy (non-hydrogen) atoms. The molecule has 0 saturated heterocycles. The first-order chi connectivity index (χ1) is 10.0. The average Bonchev–Trinajstić information content (AvgIpc) is 2.91. The zero-order valence-electron chi connectivity index (χ0n) is 11.2. The van der Waals surface area contributed by atoms with Crippen LogP contribution >= 0.6 is 0 Å². The molecule has 0 atom stereocenters. The van der Waals surface area contributed by atoms with Gasteiger partial charge in [0.15, 0.2) is 0 Å². The summed E-state index contributed by atoms with van der Waals surface area (Å²) in [5, 5.41) is 8.83. The van der Waals surface area contributed by atoms with Gasteiger partial charge < -0.3 is 0 Å². The molecule has 0 aliphatic rings. The number of aromatic nitrogens is 2. The average molecular weight is 297 g/mol. The van der Waals surface area contributed by atoms with Gasteiger partial charge in [0.05, 0.1) is 15.9 Å². The Balaban J connectivity index is 2.20. The van der Waals surface area contributed by atoms with E-state index in [-0.39, 0.29) is 10.6 Å². The third-order valence-electron chi connectivity index (χ3n) is 3.20. The molecular formula is C15H11N3O2S. The predicted molar refractivity (Wildman–Crippen MR) is 78.2 cm³/mol. The summed E-state index contributed by atoms with van der Waals surface area (Å²) in [6, 6.07) is 13.3. The summed E-state index contributed by atoms with van der Waals surface area (Å²) in [4.78, 5) is 4.31. The van der Waals surface area contributed by atoms with Crippen molar-refractivity contribution in [1.82, 2.24) is 8.96 Å². The van der Waals surface area contributed by atoms with Crippen LogP contribution in [-0.2, 0) is 10.0 Å². The van der Waals surface area contributed by atoms with E-state index in [1.807, 2.05) is 13.0 Å². The van der Waals surface area contributed by atoms with Crippen molar-refractivity contribution in [3.63, 3.8) is 0 Å². The fourth-order valence-corrected chi connectivity index (χ4v) is 3.43. The summed E-state index contributed by atoms with van der Waals surface area (Å²) in [7, 11) is -3.66. The van der Waals surface area contributed by atoms with E-state index in [0.717, 1.165) is 5.56 Å². The topological polar surface area (TPSA) is 75.8 Å². The van der Waals surface area contributed by atoms with Crippen LogP contribution in [0.4, 0.5) is 0 Å². The molecular weight excluding hydrogens is 286 g/mol. The molecule has 104 valence electrons. The number of fused-ring (bicyclic) bond motifs is 1. The molecule has 1 aromatic carbocycles. The molecule has 5 nitrogen and oxygen atoms in total. The smallest absolute Gasteiger partial charge is 0.240 e. The summed E-state index contributed by atoms with van der Waals surface area (Å²) in [6.45, 7) is 1.90. The molecule has 0 saturated carbocycles. The Morgan fingerprint density at radius 3 is 2.48 bits per heavy atom. The van der Waals surface area contributed by atoms with E-state index in [1.54, 1.807) is 36.4 Å². The van der Waals surface area contributed by atoms with Gasteiger partial charge in [-0.05, 0) is 37.3 Å². The van der Waals surface area contributed by atoms with Gasteiger partial charge in [-0.1, -0.05) is 17.7 Å². The maximum atomic E-state index is 12.6. The molecule has 0 aliphatic carbocycles. The molecule has 3 aromatic rings. The zero-order valence-corrected chi connectivity index (χ0v) is 12.0. The molecule has 0 amide bonds. The first-order valence-corrected chi connectivity index (χ1v) is 7.67. The Labute approximate surface area is 122 Å². The molecule has 0 fully saturated rings. The van der Waals surface area contributed by atoms with Crippen molar-refractivity contribution < 1.29 is 8.42 Å². The van der Waals surface area contributed by atoms with Crippen LogP contribution in [0.5, 0.6) is 0 Å². The monoisotopic (exact) mass is 297 g/mol. The van der Waals surface area contributed by atoms with Crippen molar-refractivity contribution in [1.29, 1.82) is 5.26 Å². The van der Waals surface area contributed by atoms with Gasteiger partial charge in [0.25, 0.3) is 10.0 Å². The number of nitriles is 1. The summed E-state index contributed by atoms with van der Waals surface area (Å²) >= 11 is 0. The summed E-state index contributed by atoms with van der Waals surface area (Å²) < 4.78 is 26.5. The van der Waals surface area contributed by atoms with Gasteiger partial charge >= 0.3 is 0 Å². The van der Waals surface area contributed by atoms with E-state index >= 15 is 0 Å². The van der Waals surface area contributed by atoms with Crippen molar-refractivity contribution in [3.8, 4) is 6.07 Å². The van der Waals surface area contributed by atoms with Crippen LogP contribution in [0.1, 0.15) is 11.3 Å². The van der Waals surface area contributed by atoms with E-state index < -0.39 is 10.0 Å². The van der Waals surface area contributed by atoms with Crippen molar-refractivity contribution in [2.24, 2.45) is 0 Å². The summed E-state index contributed by atoms with van der Waals surface area (Å²) in [5.41, 5.74) is 2.18. The Morgan fingerprint density at radius 1 is 1.10 bits per heavy atom. The lowest BCUT2D eigenvalue weighted by Crippen LogP contribution is -2.11. The van der Waals surface area contributed by atoms with Crippen LogP contribution in [0, 0.1) is 18.3 Å². The van der Waals surface area contributed by atoms with E-state index in [9.17, 15) is 8.42 Å². The van der Waals surface area contributed by atoms with Crippen molar-refractivity contribution in [2.75, 3.05) is 0 Å². The van der Waals surface area contributed by atoms with Crippen LogP contribution in [0.2, 0.25) is 0 Å². The third kappa shape index (κ3) is 2.18. The summed E-state index contributed by atoms with van der Waals surface area (Å²) in [6.07, 6.45) is 1.45. The third-order valence-corrected chi connectivity index (χ3v) is 4.90. The Kier molecular flexibility index (Phi) is 3.00. The minimum absolute atomic E-state index is 0.218. The number of aryl methyl sites for hydroxylation is 1. The van der Waals surface area contributed by atoms with E-state index in [0.29, 0.717) is 11.0 Å². The zero-order chi connectivity index (χ0) is 15.0. The second-order valence-corrected chi connectivity index (χ2v) is 6.46. The molecule has 3 rings (SSSR count). The molecule has 0 spiro atoms. The predicted octanol–water partition coefficient (Wildman–Crippen LogP) is 2.45. The van der Waals surface area contributed by atoms with Crippen LogP contribution in [0.15, 0.2) is 53.6 Å². The lowest BCUT2D eigenvalue weighted by Gasteiger charge is -2.07. The Hall–Kier alpha value is -2.65. The van der Waals surface area contributed by atoms with Gasteiger partial charge in [0.2, 0.25) is 0 Å².